The summed E-state index contributed by atoms with van der Waals surface area (Å²) >= 11 is 0. The van der Waals surface area contributed by atoms with Gasteiger partial charge in [-0.05, 0) is 33.0 Å². The van der Waals surface area contributed by atoms with E-state index < -0.39 is 0 Å². The molecule has 0 aliphatic heterocycles. The fourth-order valence-electron chi connectivity index (χ4n) is 1.72. The predicted octanol–water partition coefficient (Wildman–Crippen LogP) is 1.26. The van der Waals surface area contributed by atoms with Crippen LogP contribution in [0.4, 0.5) is 0 Å². The molecule has 0 unspecified atom stereocenters. The number of amides is 1. The predicted molar refractivity (Wildman–Crippen MR) is 68.5 cm³/mol. The van der Waals surface area contributed by atoms with Gasteiger partial charge in [0, 0.05) is 13.1 Å². The molecule has 1 heterocycles. The molecule has 0 aliphatic rings. The van der Waals surface area contributed by atoms with Crippen molar-refractivity contribution >= 4 is 11.7 Å². The van der Waals surface area contributed by atoms with E-state index in [0.717, 1.165) is 0 Å². The van der Waals surface area contributed by atoms with Crippen molar-refractivity contribution in [3.8, 4) is 0 Å². The van der Waals surface area contributed by atoms with Gasteiger partial charge in [-0.25, -0.2) is 0 Å². The highest BCUT2D eigenvalue weighted by Gasteiger charge is 2.16. The molecule has 0 saturated carbocycles. The summed E-state index contributed by atoms with van der Waals surface area (Å²) in [5.41, 5.74) is 0. The van der Waals surface area contributed by atoms with E-state index in [-0.39, 0.29) is 24.8 Å². The van der Waals surface area contributed by atoms with Crippen molar-refractivity contribution in [1.29, 1.82) is 0 Å². The van der Waals surface area contributed by atoms with E-state index in [2.05, 4.69) is 0 Å². The van der Waals surface area contributed by atoms with Crippen molar-refractivity contribution in [2.75, 3.05) is 33.2 Å². The van der Waals surface area contributed by atoms with Crippen LogP contribution in [-0.2, 0) is 4.79 Å². The van der Waals surface area contributed by atoms with Gasteiger partial charge in [0.15, 0.2) is 5.76 Å². The quantitative estimate of drug-likeness (QED) is 0.686. The molecule has 1 amide bonds. The van der Waals surface area contributed by atoms with Gasteiger partial charge in [-0.3, -0.25) is 14.5 Å². The molecule has 5 heteroatoms. The Kier molecular flexibility index (Phi) is 5.58. The van der Waals surface area contributed by atoms with Crippen molar-refractivity contribution in [1.82, 2.24) is 9.80 Å². The molecule has 1 aromatic rings. The fourth-order valence-corrected chi connectivity index (χ4v) is 1.72. The maximum Gasteiger partial charge on any atom is 0.236 e. The van der Waals surface area contributed by atoms with E-state index in [0.29, 0.717) is 18.8 Å². The Morgan fingerprint density at radius 2 is 1.89 bits per heavy atom. The van der Waals surface area contributed by atoms with Gasteiger partial charge in [-0.15, -0.1) is 0 Å². The summed E-state index contributed by atoms with van der Waals surface area (Å²) in [5.74, 6) is 0.252. The van der Waals surface area contributed by atoms with E-state index in [1.54, 1.807) is 29.0 Å². The third-order valence-electron chi connectivity index (χ3n) is 2.73. The molecule has 0 saturated heterocycles. The molecule has 0 aromatic carbocycles. The average Bonchev–Trinajstić information content (AvgIpc) is 2.83. The summed E-state index contributed by atoms with van der Waals surface area (Å²) in [5, 5.41) is 0. The Labute approximate surface area is 107 Å². The number of hydrogen-bond acceptors (Lipinski definition) is 4. The molecule has 0 N–H and O–H groups in total. The van der Waals surface area contributed by atoms with Crippen molar-refractivity contribution in [2.24, 2.45) is 0 Å². The fraction of sp³-hybridized carbons (Fsp3) is 0.538. The number of furan rings is 1. The topological polar surface area (TPSA) is 53.8 Å². The van der Waals surface area contributed by atoms with E-state index in [4.69, 9.17) is 4.42 Å². The van der Waals surface area contributed by atoms with E-state index in [1.165, 1.54) is 6.26 Å². The minimum atomic E-state index is -0.116. The van der Waals surface area contributed by atoms with Crippen LogP contribution in [0.3, 0.4) is 0 Å². The molecule has 18 heavy (non-hydrogen) atoms. The van der Waals surface area contributed by atoms with E-state index >= 15 is 0 Å². The maximum atomic E-state index is 11.8. The highest BCUT2D eigenvalue weighted by Crippen LogP contribution is 2.02. The number of hydrogen-bond donors (Lipinski definition) is 0. The van der Waals surface area contributed by atoms with Gasteiger partial charge >= 0.3 is 0 Å². The average molecular weight is 252 g/mol. The van der Waals surface area contributed by atoms with Gasteiger partial charge in [-0.2, -0.15) is 0 Å². The second-order valence-electron chi connectivity index (χ2n) is 4.14. The Morgan fingerprint density at radius 1 is 1.22 bits per heavy atom. The Hall–Kier alpha value is -1.62. The Morgan fingerprint density at radius 3 is 2.39 bits per heavy atom. The van der Waals surface area contributed by atoms with Gasteiger partial charge in [-0.1, -0.05) is 0 Å². The zero-order valence-electron chi connectivity index (χ0n) is 11.2. The molecule has 0 bridgehead atoms. The Balaban J connectivity index is 2.44. The summed E-state index contributed by atoms with van der Waals surface area (Å²) in [7, 11) is 1.75. The van der Waals surface area contributed by atoms with Crippen LogP contribution in [0.15, 0.2) is 22.8 Å². The standard InChI is InChI=1S/C13H20N2O3/c1-4-15(5-2)13(17)10-14(3)9-11(16)12-7-6-8-18-12/h6-8H,4-5,9-10H2,1-3H3. The molecule has 0 atom stereocenters. The maximum absolute atomic E-state index is 11.8. The molecule has 0 fully saturated rings. The van der Waals surface area contributed by atoms with E-state index in [9.17, 15) is 9.59 Å². The van der Waals surface area contributed by atoms with Crippen LogP contribution < -0.4 is 0 Å². The largest absolute Gasteiger partial charge is 0.461 e. The molecule has 0 aliphatic carbocycles. The lowest BCUT2D eigenvalue weighted by Crippen LogP contribution is -2.40. The first-order valence-electron chi connectivity index (χ1n) is 6.11. The molecule has 1 aromatic heterocycles. The highest BCUT2D eigenvalue weighted by atomic mass is 16.3. The second-order valence-corrected chi connectivity index (χ2v) is 4.14. The van der Waals surface area contributed by atoms with Crippen LogP contribution in [0.5, 0.6) is 0 Å². The van der Waals surface area contributed by atoms with Crippen LogP contribution in [0, 0.1) is 0 Å². The van der Waals surface area contributed by atoms with Gasteiger partial charge in [0.2, 0.25) is 11.7 Å². The molecule has 0 spiro atoms. The van der Waals surface area contributed by atoms with Crippen molar-refractivity contribution in [3.05, 3.63) is 24.2 Å². The van der Waals surface area contributed by atoms with Crippen LogP contribution in [0.1, 0.15) is 24.4 Å². The lowest BCUT2D eigenvalue weighted by Gasteiger charge is -2.22. The van der Waals surface area contributed by atoms with Crippen LogP contribution >= 0.6 is 0 Å². The minimum Gasteiger partial charge on any atom is -0.461 e. The van der Waals surface area contributed by atoms with Gasteiger partial charge in [0.1, 0.15) is 0 Å². The number of Topliss-reactive ketones (excluding diaryl/α,β-unsaturated/α-hetero) is 1. The van der Waals surface area contributed by atoms with Crippen molar-refractivity contribution in [2.45, 2.75) is 13.8 Å². The molecular formula is C13H20N2O3. The van der Waals surface area contributed by atoms with Gasteiger partial charge in [0.05, 0.1) is 19.4 Å². The monoisotopic (exact) mass is 252 g/mol. The van der Waals surface area contributed by atoms with Crippen LogP contribution in [-0.4, -0.2) is 54.7 Å². The summed E-state index contributed by atoms with van der Waals surface area (Å²) in [6, 6.07) is 3.30. The smallest absolute Gasteiger partial charge is 0.236 e. The molecular weight excluding hydrogens is 232 g/mol. The first kappa shape index (κ1) is 14.4. The molecule has 0 radical (unpaired) electrons. The first-order chi connectivity index (χ1) is 8.58. The highest BCUT2D eigenvalue weighted by molar-refractivity contribution is 5.95. The number of rotatable bonds is 7. The van der Waals surface area contributed by atoms with Gasteiger partial charge < -0.3 is 9.32 Å². The van der Waals surface area contributed by atoms with Crippen molar-refractivity contribution < 1.29 is 14.0 Å². The molecule has 5 nitrogen and oxygen atoms in total. The normalized spacial score (nSPS) is 10.7. The van der Waals surface area contributed by atoms with Crippen molar-refractivity contribution in [3.63, 3.8) is 0 Å². The number of nitrogens with zero attached hydrogens (tertiary/aromatic N) is 2. The van der Waals surface area contributed by atoms with Crippen LogP contribution in [0.2, 0.25) is 0 Å². The zero-order valence-corrected chi connectivity index (χ0v) is 11.2. The first-order valence-corrected chi connectivity index (χ1v) is 6.11. The van der Waals surface area contributed by atoms with E-state index in [1.807, 2.05) is 13.8 Å². The number of likely N-dealkylation sites (N-methyl/N-ethyl adjacent to an activating group) is 2. The zero-order chi connectivity index (χ0) is 13.5. The lowest BCUT2D eigenvalue weighted by molar-refractivity contribution is -0.131. The third kappa shape index (κ3) is 4.00. The lowest BCUT2D eigenvalue weighted by atomic mass is 10.3. The molecule has 100 valence electrons. The number of carbonyl (C=O) groups is 2. The van der Waals surface area contributed by atoms with Gasteiger partial charge in [0.25, 0.3) is 0 Å². The Bertz CT molecular complexity index is 383. The second kappa shape index (κ2) is 6.96. The number of ketones is 1. The summed E-state index contributed by atoms with van der Waals surface area (Å²) < 4.78 is 5.02. The SMILES string of the molecule is CCN(CC)C(=O)CN(C)CC(=O)c1ccco1. The summed E-state index contributed by atoms with van der Waals surface area (Å²) in [6.07, 6.45) is 1.47. The third-order valence-corrected chi connectivity index (χ3v) is 2.73. The minimum absolute atomic E-state index is 0.0368. The molecule has 1 rings (SSSR count). The summed E-state index contributed by atoms with van der Waals surface area (Å²) in [4.78, 5) is 27.0. The van der Waals surface area contributed by atoms with Crippen LogP contribution in [0.25, 0.3) is 0 Å². The summed E-state index contributed by atoms with van der Waals surface area (Å²) in [6.45, 7) is 5.68. The number of carbonyl (C=O) groups excluding carboxylic acids is 2.